The van der Waals surface area contributed by atoms with E-state index in [0.717, 1.165) is 68.2 Å². The van der Waals surface area contributed by atoms with Crippen LogP contribution in [0.2, 0.25) is 0 Å². The number of benzene rings is 4. The summed E-state index contributed by atoms with van der Waals surface area (Å²) in [5, 5.41) is 13.4. The number of hydrogen-bond donors (Lipinski definition) is 2. The van der Waals surface area contributed by atoms with Gasteiger partial charge in [0.05, 0.1) is 7.11 Å². The molecule has 7 nitrogen and oxygen atoms in total. The fourth-order valence-electron chi connectivity index (χ4n) is 3.76. The van der Waals surface area contributed by atoms with Gasteiger partial charge in [-0.25, -0.2) is 0 Å². The van der Waals surface area contributed by atoms with Crippen LogP contribution in [0, 0.1) is 0 Å². The number of amidine groups is 1. The number of hydrogen-bond acceptors (Lipinski definition) is 6. The van der Waals surface area contributed by atoms with Crippen LogP contribution in [0.15, 0.2) is 94.8 Å². The number of carboxylic acids is 1. The molecule has 4 aromatic rings. The zero-order valence-electron chi connectivity index (χ0n) is 21.8. The van der Waals surface area contributed by atoms with Crippen LogP contribution >= 0.6 is 11.8 Å². The number of nitrogens with zero attached hydrogens (tertiary/aromatic N) is 1. The summed E-state index contributed by atoms with van der Waals surface area (Å²) >= 11 is 2.34. The Morgan fingerprint density at radius 1 is 1.03 bits per heavy atom. The van der Waals surface area contributed by atoms with Gasteiger partial charge in [0.15, 0.2) is 0 Å². The minimum Gasteiger partial charge on any atom is -0.0134 e. The van der Waals surface area contributed by atoms with E-state index in [1.165, 1.54) is 14.6 Å². The van der Waals surface area contributed by atoms with Crippen LogP contribution < -0.4 is 17.6 Å². The number of anilines is 1. The summed E-state index contributed by atoms with van der Waals surface area (Å²) in [4.78, 5) is 26.4. The van der Waals surface area contributed by atoms with Crippen molar-refractivity contribution in [3.63, 3.8) is 0 Å². The number of aliphatic carboxylic acids is 1. The van der Waals surface area contributed by atoms with Gasteiger partial charge < -0.3 is 9.84 Å². The number of carboxylic acid groups (broad SMARTS) is 1. The van der Waals surface area contributed by atoms with E-state index in [9.17, 15) is 4.79 Å². The Hall–Kier alpha value is -3.56. The van der Waals surface area contributed by atoms with E-state index < -0.39 is 5.97 Å². The number of thioether (sulfide) groups is 1. The molecule has 1 amide bonds. The Labute approximate surface area is 248 Å². The van der Waals surface area contributed by atoms with E-state index in [2.05, 4.69) is 34.6 Å². The second kappa shape index (κ2) is 13.5. The van der Waals surface area contributed by atoms with Gasteiger partial charge in [-0.2, -0.15) is 0 Å². The largest absolute Gasteiger partial charge is 0.0134 e. The number of nitrogens with one attached hydrogen (secondary N) is 1. The second-order valence-corrected chi connectivity index (χ2v) is 10.9. The SMILES string of the molecule is CC(=O)O.COc1cccc(COc2cc3ccccc3cc2/C=C2/SC(Nc3cc[c]([Na])cc3)=NC2=O)c1. The topological polar surface area (TPSA) is 97.2 Å². The molecule has 0 bridgehead atoms. The molecule has 39 heavy (non-hydrogen) atoms. The summed E-state index contributed by atoms with van der Waals surface area (Å²) in [5.74, 6) is 0.396. The minimum absolute atomic E-state index is 0.260. The Balaban J connectivity index is 0.000000826. The van der Waals surface area contributed by atoms with E-state index in [0.29, 0.717) is 22.4 Å². The smallest absolute Gasteiger partial charge is 0.0134 e. The molecule has 0 fully saturated rings. The van der Waals surface area contributed by atoms with E-state index in [1.807, 2.05) is 66.7 Å². The maximum atomic E-state index is 12.7. The molecule has 0 radical (unpaired) electrons. The molecule has 192 valence electrons. The predicted octanol–water partition coefficient (Wildman–Crippen LogP) is 5.39. The first-order valence-electron chi connectivity index (χ1n) is 12.1. The maximum absolute atomic E-state index is 12.7. The van der Waals surface area contributed by atoms with Gasteiger partial charge in [-0.1, -0.05) is 36.4 Å². The third-order valence-electron chi connectivity index (χ3n) is 5.62. The molecule has 0 saturated heterocycles. The molecule has 0 atom stereocenters. The minimum atomic E-state index is -0.833. The molecule has 1 aliphatic heterocycles. The average Bonchev–Trinajstić information content (AvgIpc) is 3.26. The summed E-state index contributed by atoms with van der Waals surface area (Å²) < 4.78 is 12.9. The molecular formula is C30H25N2NaO5S. The first-order valence-corrected chi connectivity index (χ1v) is 14.0. The molecule has 1 aliphatic rings. The van der Waals surface area contributed by atoms with Crippen LogP contribution in [-0.4, -0.2) is 57.2 Å². The Morgan fingerprint density at radius 2 is 1.72 bits per heavy atom. The number of carbonyl (C=O) groups excluding carboxylic acids is 1. The van der Waals surface area contributed by atoms with Crippen molar-refractivity contribution in [1.29, 1.82) is 0 Å². The Kier molecular flexibility index (Phi) is 9.84. The Morgan fingerprint density at radius 3 is 2.41 bits per heavy atom. The average molecular weight is 549 g/mol. The quantitative estimate of drug-likeness (QED) is 0.246. The summed E-state index contributed by atoms with van der Waals surface area (Å²) in [6, 6.07) is 28.1. The normalized spacial score (nSPS) is 13.5. The van der Waals surface area contributed by atoms with Crippen LogP contribution in [0.25, 0.3) is 16.8 Å². The molecule has 5 rings (SSSR count). The number of methoxy groups -OCH3 is 1. The van der Waals surface area contributed by atoms with Crippen molar-refractivity contribution >= 4 is 82.1 Å². The zero-order valence-corrected chi connectivity index (χ0v) is 24.6. The zero-order chi connectivity index (χ0) is 27.8. The van der Waals surface area contributed by atoms with E-state index in [1.54, 1.807) is 7.11 Å². The van der Waals surface area contributed by atoms with Crippen LogP contribution in [0.4, 0.5) is 5.69 Å². The van der Waals surface area contributed by atoms with E-state index >= 15 is 0 Å². The molecule has 2 N–H and O–H groups in total. The van der Waals surface area contributed by atoms with Crippen LogP contribution in [0.5, 0.6) is 11.5 Å². The van der Waals surface area contributed by atoms with Gasteiger partial charge in [0.1, 0.15) is 12.4 Å². The van der Waals surface area contributed by atoms with E-state index in [-0.39, 0.29) is 5.91 Å². The molecule has 1 heterocycles. The van der Waals surface area contributed by atoms with Crippen molar-refractivity contribution in [2.45, 2.75) is 13.5 Å². The predicted molar refractivity (Wildman–Crippen MR) is 158 cm³/mol. The molecule has 4 aromatic carbocycles. The van der Waals surface area contributed by atoms with E-state index in [4.69, 9.17) is 19.4 Å². The second-order valence-electron chi connectivity index (χ2n) is 8.72. The van der Waals surface area contributed by atoms with Gasteiger partial charge in [-0.15, -0.1) is 0 Å². The van der Waals surface area contributed by atoms with Crippen LogP contribution in [-0.2, 0) is 16.2 Å². The molecule has 9 heteroatoms. The number of carbonyl (C=O) groups is 2. The number of ether oxygens (including phenoxy) is 2. The number of aliphatic imine (C=N–C) groups is 1. The standard InChI is InChI=1S/C28H21N2O3S.C2H4O2.Na/c1-32-24-13-7-8-19(14-24)18-33-25-16-21-10-6-5-9-20(21)15-22(25)17-26-27(31)30-28(34-26)29-23-11-3-2-4-12-23;1-2(3)4;/h3-17H,18H2,1H3,(H,29,30,31);1H3,(H,3,4);/b26-17+;;. The molecular weight excluding hydrogens is 523 g/mol. The van der Waals surface area contributed by atoms with Gasteiger partial charge in [-0.3, -0.25) is 4.79 Å². The molecule has 0 spiro atoms. The molecule has 0 aromatic heterocycles. The van der Waals surface area contributed by atoms with Gasteiger partial charge in [-0.05, 0) is 23.1 Å². The summed E-state index contributed by atoms with van der Waals surface area (Å²) in [6.07, 6.45) is 1.86. The third-order valence-corrected chi connectivity index (χ3v) is 7.18. The fraction of sp³-hybridized carbons (Fsp3) is 0.100. The van der Waals surface area contributed by atoms with Gasteiger partial charge in [0.25, 0.3) is 5.97 Å². The fourth-order valence-corrected chi connectivity index (χ4v) is 4.92. The van der Waals surface area contributed by atoms with Crippen LogP contribution in [0.3, 0.4) is 0 Å². The van der Waals surface area contributed by atoms with Crippen molar-refractivity contribution in [3.8, 4) is 11.5 Å². The summed E-state index contributed by atoms with van der Waals surface area (Å²) in [7, 11) is 1.65. The van der Waals surface area contributed by atoms with Crippen LogP contribution in [0.1, 0.15) is 18.1 Å². The van der Waals surface area contributed by atoms with Gasteiger partial charge in [0.2, 0.25) is 0 Å². The number of fused-ring (bicyclic) bond motifs is 1. The maximum Gasteiger partial charge on any atom is -0.0134 e. The van der Waals surface area contributed by atoms with Crippen molar-refractivity contribution < 1.29 is 24.2 Å². The van der Waals surface area contributed by atoms with Gasteiger partial charge in [0, 0.05) is 6.92 Å². The molecule has 0 saturated carbocycles. The third kappa shape index (κ3) is 8.21. The van der Waals surface area contributed by atoms with Gasteiger partial charge >= 0.3 is 143 Å². The number of amides is 1. The first kappa shape index (κ1) is 28.4. The first-order chi connectivity index (χ1) is 18.8. The number of rotatable bonds is 6. The van der Waals surface area contributed by atoms with Crippen molar-refractivity contribution in [3.05, 3.63) is 101 Å². The summed E-state index contributed by atoms with van der Waals surface area (Å²) in [5.41, 5.74) is 2.75. The molecule has 0 unspecified atom stereocenters. The molecule has 0 aliphatic carbocycles. The van der Waals surface area contributed by atoms with Crippen molar-refractivity contribution in [2.75, 3.05) is 12.4 Å². The van der Waals surface area contributed by atoms with Crippen molar-refractivity contribution in [1.82, 2.24) is 0 Å². The van der Waals surface area contributed by atoms with Crippen molar-refractivity contribution in [2.24, 2.45) is 4.99 Å². The summed E-state index contributed by atoms with van der Waals surface area (Å²) in [6.45, 7) is 1.46. The monoisotopic (exact) mass is 548 g/mol. The Bertz CT molecular complexity index is 1560.